The smallest absolute Gasteiger partial charge is 0.141 e. The van der Waals surface area contributed by atoms with E-state index in [-0.39, 0.29) is 0 Å². The Hall–Kier alpha value is -1.39. The molecule has 18 heavy (non-hydrogen) atoms. The van der Waals surface area contributed by atoms with Gasteiger partial charge in [0.15, 0.2) is 0 Å². The summed E-state index contributed by atoms with van der Waals surface area (Å²) in [6, 6.07) is 7.90. The summed E-state index contributed by atoms with van der Waals surface area (Å²) in [5.74, 6) is 1.63. The van der Waals surface area contributed by atoms with Gasteiger partial charge in [0.2, 0.25) is 0 Å². The highest BCUT2D eigenvalue weighted by Gasteiger charge is 2.07. The first-order valence-corrected chi connectivity index (χ1v) is 6.51. The minimum absolute atomic E-state index is 0.729. The van der Waals surface area contributed by atoms with E-state index in [1.807, 2.05) is 44.4 Å². The molecule has 0 atom stereocenters. The average Bonchev–Trinajstić information content (AvgIpc) is 2.35. The van der Waals surface area contributed by atoms with Gasteiger partial charge in [0.05, 0.1) is 4.47 Å². The first kappa shape index (κ1) is 13.1. The molecule has 1 aromatic carbocycles. The van der Waals surface area contributed by atoms with E-state index in [0.29, 0.717) is 0 Å². The Morgan fingerprint density at radius 1 is 1.28 bits per heavy atom. The Balaban J connectivity index is 2.28. The molecule has 4 heteroatoms. The van der Waals surface area contributed by atoms with E-state index in [0.717, 1.165) is 28.1 Å². The molecule has 0 radical (unpaired) electrons. The summed E-state index contributed by atoms with van der Waals surface area (Å²) in [6.07, 6.45) is 3.55. The highest BCUT2D eigenvalue weighted by molar-refractivity contribution is 9.10. The predicted molar refractivity (Wildman–Crippen MR) is 76.0 cm³/mol. The van der Waals surface area contributed by atoms with Crippen LogP contribution >= 0.6 is 15.9 Å². The SMILES string of the molecule is CNCc1cnccc1Oc1ccc(C)cc1Br. The summed E-state index contributed by atoms with van der Waals surface area (Å²) in [7, 11) is 1.90. The fraction of sp³-hybridized carbons (Fsp3) is 0.214. The first-order chi connectivity index (χ1) is 8.70. The molecule has 1 N–H and O–H groups in total. The van der Waals surface area contributed by atoms with E-state index in [4.69, 9.17) is 4.74 Å². The molecule has 0 saturated carbocycles. The maximum Gasteiger partial charge on any atom is 0.141 e. The van der Waals surface area contributed by atoms with Crippen LogP contribution in [0.15, 0.2) is 41.1 Å². The molecule has 94 valence electrons. The lowest BCUT2D eigenvalue weighted by Crippen LogP contribution is -2.06. The van der Waals surface area contributed by atoms with E-state index in [2.05, 4.69) is 26.2 Å². The van der Waals surface area contributed by atoms with Gasteiger partial charge in [-0.05, 0) is 53.7 Å². The molecule has 0 bridgehead atoms. The van der Waals surface area contributed by atoms with Crippen LogP contribution in [0.2, 0.25) is 0 Å². The monoisotopic (exact) mass is 306 g/mol. The van der Waals surface area contributed by atoms with Gasteiger partial charge in [0.1, 0.15) is 11.5 Å². The lowest BCUT2D eigenvalue weighted by molar-refractivity contribution is 0.470. The molecule has 0 saturated heterocycles. The molecule has 0 unspecified atom stereocenters. The number of ether oxygens (including phenoxy) is 1. The van der Waals surface area contributed by atoms with Crippen molar-refractivity contribution in [3.8, 4) is 11.5 Å². The van der Waals surface area contributed by atoms with Gasteiger partial charge in [0, 0.05) is 24.5 Å². The highest BCUT2D eigenvalue weighted by Crippen LogP contribution is 2.31. The summed E-state index contributed by atoms with van der Waals surface area (Å²) in [6.45, 7) is 2.78. The molecular formula is C14H15BrN2O. The standard InChI is InChI=1S/C14H15BrN2O/c1-10-3-4-14(12(15)7-10)18-13-5-6-17-9-11(13)8-16-2/h3-7,9,16H,8H2,1-2H3. The molecule has 0 spiro atoms. The Morgan fingerprint density at radius 3 is 2.83 bits per heavy atom. The zero-order chi connectivity index (χ0) is 13.0. The number of aryl methyl sites for hydroxylation is 1. The van der Waals surface area contributed by atoms with E-state index in [9.17, 15) is 0 Å². The van der Waals surface area contributed by atoms with Crippen molar-refractivity contribution in [2.24, 2.45) is 0 Å². The number of aromatic nitrogens is 1. The molecule has 1 aromatic heterocycles. The van der Waals surface area contributed by atoms with Crippen molar-refractivity contribution in [3.63, 3.8) is 0 Å². The molecule has 2 aromatic rings. The number of hydrogen-bond donors (Lipinski definition) is 1. The Labute approximate surface area is 115 Å². The zero-order valence-corrected chi connectivity index (χ0v) is 12.0. The highest BCUT2D eigenvalue weighted by atomic mass is 79.9. The third-order valence-corrected chi connectivity index (χ3v) is 3.15. The predicted octanol–water partition coefficient (Wildman–Crippen LogP) is 3.66. The Morgan fingerprint density at radius 2 is 2.11 bits per heavy atom. The first-order valence-electron chi connectivity index (χ1n) is 5.72. The molecule has 0 aliphatic carbocycles. The summed E-state index contributed by atoms with van der Waals surface area (Å²) in [5.41, 5.74) is 2.23. The van der Waals surface area contributed by atoms with Crippen molar-refractivity contribution in [3.05, 3.63) is 52.3 Å². The largest absolute Gasteiger partial charge is 0.456 e. The van der Waals surface area contributed by atoms with Crippen molar-refractivity contribution in [1.82, 2.24) is 10.3 Å². The third-order valence-electron chi connectivity index (χ3n) is 2.53. The van der Waals surface area contributed by atoms with E-state index >= 15 is 0 Å². The number of nitrogens with one attached hydrogen (secondary N) is 1. The average molecular weight is 307 g/mol. The van der Waals surface area contributed by atoms with Gasteiger partial charge in [-0.1, -0.05) is 6.07 Å². The van der Waals surface area contributed by atoms with Crippen molar-refractivity contribution in [2.75, 3.05) is 7.05 Å². The number of benzene rings is 1. The minimum Gasteiger partial charge on any atom is -0.456 e. The summed E-state index contributed by atoms with van der Waals surface area (Å²) in [4.78, 5) is 4.11. The van der Waals surface area contributed by atoms with Gasteiger partial charge in [-0.25, -0.2) is 0 Å². The molecule has 1 heterocycles. The van der Waals surface area contributed by atoms with E-state index in [1.54, 1.807) is 6.20 Å². The Kier molecular flexibility index (Phi) is 4.33. The number of pyridine rings is 1. The lowest BCUT2D eigenvalue weighted by Gasteiger charge is -2.12. The van der Waals surface area contributed by atoms with Gasteiger partial charge < -0.3 is 10.1 Å². The topological polar surface area (TPSA) is 34.2 Å². The number of halogens is 1. The second kappa shape index (κ2) is 5.98. The minimum atomic E-state index is 0.729. The van der Waals surface area contributed by atoms with Gasteiger partial charge >= 0.3 is 0 Å². The van der Waals surface area contributed by atoms with Crippen LogP contribution in [-0.2, 0) is 6.54 Å². The van der Waals surface area contributed by atoms with Crippen LogP contribution in [-0.4, -0.2) is 12.0 Å². The quantitative estimate of drug-likeness (QED) is 0.936. The van der Waals surface area contributed by atoms with Gasteiger partial charge in [0.25, 0.3) is 0 Å². The number of nitrogens with zero attached hydrogens (tertiary/aromatic N) is 1. The third kappa shape index (κ3) is 3.09. The van der Waals surface area contributed by atoms with Crippen molar-refractivity contribution in [1.29, 1.82) is 0 Å². The van der Waals surface area contributed by atoms with Crippen molar-refractivity contribution in [2.45, 2.75) is 13.5 Å². The van der Waals surface area contributed by atoms with Crippen molar-refractivity contribution < 1.29 is 4.74 Å². The second-order valence-electron chi connectivity index (χ2n) is 4.05. The van der Waals surface area contributed by atoms with Gasteiger partial charge in [-0.3, -0.25) is 4.98 Å². The fourth-order valence-corrected chi connectivity index (χ4v) is 2.22. The number of rotatable bonds is 4. The normalized spacial score (nSPS) is 10.4. The summed E-state index contributed by atoms with van der Waals surface area (Å²) >= 11 is 3.51. The maximum atomic E-state index is 5.92. The van der Waals surface area contributed by atoms with Crippen LogP contribution in [0.25, 0.3) is 0 Å². The fourth-order valence-electron chi connectivity index (χ4n) is 1.64. The van der Waals surface area contributed by atoms with Crippen LogP contribution in [0.5, 0.6) is 11.5 Å². The molecule has 0 fully saturated rings. The number of hydrogen-bond acceptors (Lipinski definition) is 3. The Bertz CT molecular complexity index is 543. The summed E-state index contributed by atoms with van der Waals surface area (Å²) < 4.78 is 6.87. The van der Waals surface area contributed by atoms with Gasteiger partial charge in [-0.15, -0.1) is 0 Å². The van der Waals surface area contributed by atoms with Crippen molar-refractivity contribution >= 4 is 15.9 Å². The van der Waals surface area contributed by atoms with Crippen LogP contribution in [0.4, 0.5) is 0 Å². The lowest BCUT2D eigenvalue weighted by atomic mass is 10.2. The molecule has 3 nitrogen and oxygen atoms in total. The molecule has 2 rings (SSSR count). The summed E-state index contributed by atoms with van der Waals surface area (Å²) in [5, 5.41) is 3.10. The second-order valence-corrected chi connectivity index (χ2v) is 4.90. The van der Waals surface area contributed by atoms with Crippen LogP contribution in [0, 0.1) is 6.92 Å². The van der Waals surface area contributed by atoms with Crippen LogP contribution < -0.4 is 10.1 Å². The van der Waals surface area contributed by atoms with Crippen LogP contribution in [0.1, 0.15) is 11.1 Å². The maximum absolute atomic E-state index is 5.92. The van der Waals surface area contributed by atoms with Crippen LogP contribution in [0.3, 0.4) is 0 Å². The molecule has 0 aliphatic rings. The molecule has 0 aliphatic heterocycles. The van der Waals surface area contributed by atoms with Gasteiger partial charge in [-0.2, -0.15) is 0 Å². The van der Waals surface area contributed by atoms with E-state index < -0.39 is 0 Å². The molecular weight excluding hydrogens is 292 g/mol. The molecule has 0 amide bonds. The van der Waals surface area contributed by atoms with E-state index in [1.165, 1.54) is 5.56 Å². The zero-order valence-electron chi connectivity index (χ0n) is 10.4.